The molecule has 1 rings (SSSR count). The average Bonchev–Trinajstić information content (AvgIpc) is 2.52. The molecule has 0 aliphatic heterocycles. The number of esters is 1. The number of benzene rings is 1. The van der Waals surface area contributed by atoms with E-state index < -0.39 is 45.4 Å². The zero-order chi connectivity index (χ0) is 20.1. The second-order valence-electron chi connectivity index (χ2n) is 6.61. The van der Waals surface area contributed by atoms with Gasteiger partial charge in [-0.05, 0) is 39.0 Å². The van der Waals surface area contributed by atoms with Crippen molar-refractivity contribution in [3.05, 3.63) is 29.6 Å². The Morgan fingerprint density at radius 2 is 1.77 bits per heavy atom. The van der Waals surface area contributed by atoms with Crippen LogP contribution in [0.4, 0.5) is 4.39 Å². The first-order valence-electron chi connectivity index (χ1n) is 8.20. The van der Waals surface area contributed by atoms with E-state index in [9.17, 15) is 22.4 Å². The summed E-state index contributed by atoms with van der Waals surface area (Å²) in [6, 6.07) is 2.90. The van der Waals surface area contributed by atoms with Gasteiger partial charge < -0.3 is 10.1 Å². The summed E-state index contributed by atoms with van der Waals surface area (Å²) < 4.78 is 44.9. The molecule has 0 spiro atoms. The molecule has 0 saturated carbocycles. The van der Waals surface area contributed by atoms with Crippen LogP contribution in [-0.2, 0) is 19.6 Å². The van der Waals surface area contributed by atoms with Crippen LogP contribution >= 0.6 is 0 Å². The highest BCUT2D eigenvalue weighted by molar-refractivity contribution is 7.89. The molecule has 0 aromatic heterocycles. The number of amides is 1. The van der Waals surface area contributed by atoms with Crippen LogP contribution in [0.3, 0.4) is 0 Å². The highest BCUT2D eigenvalue weighted by atomic mass is 32.2. The van der Waals surface area contributed by atoms with E-state index in [1.165, 1.54) is 4.31 Å². The minimum atomic E-state index is -3.85. The van der Waals surface area contributed by atoms with Crippen molar-refractivity contribution in [2.75, 3.05) is 19.7 Å². The summed E-state index contributed by atoms with van der Waals surface area (Å²) in [7, 11) is -3.85. The number of carbonyl (C=O) groups is 2. The van der Waals surface area contributed by atoms with Gasteiger partial charge in [-0.1, -0.05) is 13.8 Å². The number of rotatable bonds is 7. The van der Waals surface area contributed by atoms with Gasteiger partial charge in [0.05, 0.1) is 10.5 Å². The van der Waals surface area contributed by atoms with Gasteiger partial charge in [0.25, 0.3) is 5.91 Å². The highest BCUT2D eigenvalue weighted by Gasteiger charge is 2.25. The molecule has 26 heavy (non-hydrogen) atoms. The molecule has 1 amide bonds. The number of sulfonamides is 1. The minimum absolute atomic E-state index is 0.214. The molecule has 0 fully saturated rings. The van der Waals surface area contributed by atoms with Crippen molar-refractivity contribution >= 4 is 21.9 Å². The Morgan fingerprint density at radius 1 is 1.19 bits per heavy atom. The maximum absolute atomic E-state index is 14.0. The molecule has 146 valence electrons. The standard InChI is InChI=1S/C17H25FN2O5S/c1-6-20(7-2)26(23,24)12-8-9-14(18)13(10-12)16(22)25-11-15(21)19-17(3,4)5/h8-10H,6-7,11H2,1-5H3,(H,19,21). The van der Waals surface area contributed by atoms with Crippen molar-refractivity contribution in [2.45, 2.75) is 45.1 Å². The van der Waals surface area contributed by atoms with E-state index in [2.05, 4.69) is 5.32 Å². The second-order valence-corrected chi connectivity index (χ2v) is 8.54. The Balaban J connectivity index is 3.00. The first-order chi connectivity index (χ1) is 11.9. The second kappa shape index (κ2) is 8.59. The Bertz CT molecular complexity index is 768. The molecule has 0 atom stereocenters. The summed E-state index contributed by atoms with van der Waals surface area (Å²) in [6.07, 6.45) is 0. The summed E-state index contributed by atoms with van der Waals surface area (Å²) >= 11 is 0. The number of nitrogens with zero attached hydrogens (tertiary/aromatic N) is 1. The molecular formula is C17H25FN2O5S. The Morgan fingerprint density at radius 3 is 2.27 bits per heavy atom. The number of carbonyl (C=O) groups excluding carboxylic acids is 2. The molecule has 0 aliphatic carbocycles. The molecule has 1 aromatic carbocycles. The van der Waals surface area contributed by atoms with Gasteiger partial charge in [-0.15, -0.1) is 0 Å². The topological polar surface area (TPSA) is 92.8 Å². The monoisotopic (exact) mass is 388 g/mol. The Hall–Kier alpha value is -2.00. The summed E-state index contributed by atoms with van der Waals surface area (Å²) in [4.78, 5) is 23.5. The van der Waals surface area contributed by atoms with Crippen LogP contribution in [0.1, 0.15) is 45.0 Å². The largest absolute Gasteiger partial charge is 0.452 e. The maximum Gasteiger partial charge on any atom is 0.341 e. The number of hydrogen-bond acceptors (Lipinski definition) is 5. The van der Waals surface area contributed by atoms with E-state index in [1.54, 1.807) is 34.6 Å². The summed E-state index contributed by atoms with van der Waals surface area (Å²) in [5, 5.41) is 2.59. The van der Waals surface area contributed by atoms with Crippen LogP contribution in [0, 0.1) is 5.82 Å². The van der Waals surface area contributed by atoms with Crippen LogP contribution in [-0.4, -0.2) is 49.8 Å². The quantitative estimate of drug-likeness (QED) is 0.721. The van der Waals surface area contributed by atoms with Gasteiger partial charge in [0, 0.05) is 18.6 Å². The molecule has 0 heterocycles. The summed E-state index contributed by atoms with van der Waals surface area (Å²) in [5.41, 5.74) is -1.05. The lowest BCUT2D eigenvalue weighted by atomic mass is 10.1. The third-order valence-corrected chi connectivity index (χ3v) is 5.40. The third-order valence-electron chi connectivity index (χ3n) is 3.35. The van der Waals surface area contributed by atoms with Crippen LogP contribution in [0.2, 0.25) is 0 Å². The third kappa shape index (κ3) is 5.77. The van der Waals surface area contributed by atoms with E-state index in [1.807, 2.05) is 0 Å². The SMILES string of the molecule is CCN(CC)S(=O)(=O)c1ccc(F)c(C(=O)OCC(=O)NC(C)(C)C)c1. The zero-order valence-corrected chi connectivity index (χ0v) is 16.4. The van der Waals surface area contributed by atoms with Gasteiger partial charge in [0.15, 0.2) is 6.61 Å². The molecular weight excluding hydrogens is 363 g/mol. The molecule has 9 heteroatoms. The predicted octanol–water partition coefficient (Wildman–Crippen LogP) is 1.93. The van der Waals surface area contributed by atoms with Gasteiger partial charge in [0.1, 0.15) is 5.82 Å². The number of halogens is 1. The van der Waals surface area contributed by atoms with E-state index >= 15 is 0 Å². The van der Waals surface area contributed by atoms with E-state index in [0.29, 0.717) is 0 Å². The number of ether oxygens (including phenoxy) is 1. The van der Waals surface area contributed by atoms with Crippen molar-refractivity contribution in [1.29, 1.82) is 0 Å². The molecule has 0 saturated heterocycles. The van der Waals surface area contributed by atoms with Gasteiger partial charge in [-0.3, -0.25) is 4.79 Å². The molecule has 1 aromatic rings. The molecule has 0 radical (unpaired) electrons. The molecule has 1 N–H and O–H groups in total. The van der Waals surface area contributed by atoms with E-state index in [-0.39, 0.29) is 18.0 Å². The van der Waals surface area contributed by atoms with Crippen LogP contribution in [0.25, 0.3) is 0 Å². The smallest absolute Gasteiger partial charge is 0.341 e. The van der Waals surface area contributed by atoms with Gasteiger partial charge in [0.2, 0.25) is 10.0 Å². The molecule has 0 unspecified atom stereocenters. The van der Waals surface area contributed by atoms with Crippen molar-refractivity contribution < 1.29 is 27.1 Å². The van der Waals surface area contributed by atoms with Crippen molar-refractivity contribution in [3.8, 4) is 0 Å². The first-order valence-corrected chi connectivity index (χ1v) is 9.64. The van der Waals surface area contributed by atoms with Gasteiger partial charge in [-0.2, -0.15) is 4.31 Å². The van der Waals surface area contributed by atoms with Crippen molar-refractivity contribution in [1.82, 2.24) is 9.62 Å². The fourth-order valence-corrected chi connectivity index (χ4v) is 3.68. The normalized spacial score (nSPS) is 12.1. The van der Waals surface area contributed by atoms with Crippen molar-refractivity contribution in [2.24, 2.45) is 0 Å². The van der Waals surface area contributed by atoms with Crippen LogP contribution in [0.15, 0.2) is 23.1 Å². The first kappa shape index (κ1) is 22.0. The zero-order valence-electron chi connectivity index (χ0n) is 15.6. The minimum Gasteiger partial charge on any atom is -0.452 e. The van der Waals surface area contributed by atoms with Gasteiger partial charge >= 0.3 is 5.97 Å². The molecule has 0 aliphatic rings. The summed E-state index contributed by atoms with van der Waals surface area (Å²) in [6.45, 7) is 8.51. The fourth-order valence-electron chi connectivity index (χ4n) is 2.20. The van der Waals surface area contributed by atoms with Gasteiger partial charge in [-0.25, -0.2) is 17.6 Å². The van der Waals surface area contributed by atoms with E-state index in [4.69, 9.17) is 4.74 Å². The predicted molar refractivity (Wildman–Crippen MR) is 94.7 cm³/mol. The molecule has 7 nitrogen and oxygen atoms in total. The van der Waals surface area contributed by atoms with E-state index in [0.717, 1.165) is 18.2 Å². The number of hydrogen-bond donors (Lipinski definition) is 1. The molecule has 0 bridgehead atoms. The highest BCUT2D eigenvalue weighted by Crippen LogP contribution is 2.20. The number of nitrogens with one attached hydrogen (secondary N) is 1. The Kier molecular flexibility index (Phi) is 7.28. The Labute approximate surface area is 153 Å². The average molecular weight is 388 g/mol. The van der Waals surface area contributed by atoms with Crippen LogP contribution in [0.5, 0.6) is 0 Å². The van der Waals surface area contributed by atoms with Crippen molar-refractivity contribution in [3.63, 3.8) is 0 Å². The lowest BCUT2D eigenvalue weighted by Gasteiger charge is -2.20. The lowest BCUT2D eigenvalue weighted by Crippen LogP contribution is -2.42. The maximum atomic E-state index is 14.0. The fraction of sp³-hybridized carbons (Fsp3) is 0.529. The summed E-state index contributed by atoms with van der Waals surface area (Å²) in [5.74, 6) is -2.58. The van der Waals surface area contributed by atoms with Crippen LogP contribution < -0.4 is 5.32 Å². The lowest BCUT2D eigenvalue weighted by molar-refractivity contribution is -0.125.